The molecule has 10 heteroatoms. The monoisotopic (exact) mass is 506 g/mol. The minimum atomic E-state index is -1.12. The molecule has 0 atom stereocenters. The number of rotatable bonds is 11. The molecule has 2 rings (SSSR count). The lowest BCUT2D eigenvalue weighted by molar-refractivity contribution is 0.0844. The van der Waals surface area contributed by atoms with Crippen molar-refractivity contribution in [2.24, 2.45) is 0 Å². The fourth-order valence-electron chi connectivity index (χ4n) is 2.40. The summed E-state index contributed by atoms with van der Waals surface area (Å²) in [7, 11) is -2.23. The van der Waals surface area contributed by atoms with E-state index in [-0.39, 0.29) is 0 Å². The highest BCUT2D eigenvalue weighted by Gasteiger charge is 2.18. The minimum Gasteiger partial charge on any atom is -0.361 e. The van der Waals surface area contributed by atoms with Crippen molar-refractivity contribution in [3.8, 4) is 11.6 Å². The molecule has 0 aromatic carbocycles. The van der Waals surface area contributed by atoms with Crippen LogP contribution in [0.2, 0.25) is 56.5 Å². The Morgan fingerprint density at radius 3 is 1.82 bits per heavy atom. The van der Waals surface area contributed by atoms with Gasteiger partial charge in [0.2, 0.25) is 0 Å². The molecule has 0 spiro atoms. The molecule has 0 amide bonds. The van der Waals surface area contributed by atoms with E-state index >= 15 is 0 Å². The Morgan fingerprint density at radius 2 is 1.32 bits per heavy atom. The van der Waals surface area contributed by atoms with E-state index in [1.807, 2.05) is 15.3 Å². The molecular weight excluding hydrogens is 476 g/mol. The van der Waals surface area contributed by atoms with Crippen molar-refractivity contribution in [1.82, 2.24) is 19.1 Å². The van der Waals surface area contributed by atoms with Crippen molar-refractivity contribution in [2.45, 2.75) is 64.8 Å². The van der Waals surface area contributed by atoms with Crippen LogP contribution in [0, 0.1) is 0 Å². The smallest absolute Gasteiger partial charge is 0.179 e. The molecule has 6 nitrogen and oxygen atoms in total. The Labute approximate surface area is 183 Å². The highest BCUT2D eigenvalue weighted by atomic mass is 79.9. The van der Waals surface area contributed by atoms with E-state index in [9.17, 15) is 0 Å². The summed E-state index contributed by atoms with van der Waals surface area (Å²) in [5, 5.41) is 0.425. The van der Waals surface area contributed by atoms with E-state index in [0.29, 0.717) is 30.3 Å². The van der Waals surface area contributed by atoms with Crippen LogP contribution >= 0.6 is 27.5 Å². The molecule has 0 fully saturated rings. The van der Waals surface area contributed by atoms with Crippen LogP contribution < -0.4 is 0 Å². The first-order chi connectivity index (χ1) is 12.9. The van der Waals surface area contributed by atoms with Gasteiger partial charge in [0, 0.05) is 41.8 Å². The Kier molecular flexibility index (Phi) is 8.54. The number of hydrogen-bond donors (Lipinski definition) is 0. The van der Waals surface area contributed by atoms with Crippen molar-refractivity contribution in [3.63, 3.8) is 0 Å². The zero-order valence-electron chi connectivity index (χ0n) is 17.8. The predicted molar refractivity (Wildman–Crippen MR) is 124 cm³/mol. The third kappa shape index (κ3) is 8.12. The molecular formula is C18H32BrClN4O2Si2. The molecule has 0 N–H and O–H groups in total. The van der Waals surface area contributed by atoms with E-state index in [4.69, 9.17) is 21.1 Å². The van der Waals surface area contributed by atoms with Crippen LogP contribution in [0.25, 0.3) is 11.6 Å². The molecule has 0 radical (unpaired) electrons. The van der Waals surface area contributed by atoms with Crippen molar-refractivity contribution in [2.75, 3.05) is 13.2 Å². The Balaban J connectivity index is 2.06. The maximum Gasteiger partial charge on any atom is 0.179 e. The quantitative estimate of drug-likeness (QED) is 0.285. The average molecular weight is 508 g/mol. The summed E-state index contributed by atoms with van der Waals surface area (Å²) < 4.78 is 16.4. The summed E-state index contributed by atoms with van der Waals surface area (Å²) in [4.78, 5) is 9.02. The van der Waals surface area contributed by atoms with Crippen LogP contribution in [-0.2, 0) is 22.9 Å². The second kappa shape index (κ2) is 10.0. The lowest BCUT2D eigenvalue weighted by Gasteiger charge is -2.17. The highest BCUT2D eigenvalue weighted by Crippen LogP contribution is 2.24. The summed E-state index contributed by atoms with van der Waals surface area (Å²) in [6.07, 6.45) is 3.69. The molecule has 28 heavy (non-hydrogen) atoms. The number of aromatic nitrogens is 4. The van der Waals surface area contributed by atoms with Crippen LogP contribution in [-0.4, -0.2) is 48.5 Å². The van der Waals surface area contributed by atoms with Gasteiger partial charge < -0.3 is 18.6 Å². The summed E-state index contributed by atoms with van der Waals surface area (Å²) in [5.74, 6) is 1.39. The van der Waals surface area contributed by atoms with Crippen LogP contribution in [0.3, 0.4) is 0 Å². The second-order valence-corrected chi connectivity index (χ2v) is 21.9. The molecule has 0 bridgehead atoms. The third-order valence-electron chi connectivity index (χ3n) is 4.15. The maximum atomic E-state index is 6.18. The van der Waals surface area contributed by atoms with Crippen LogP contribution in [0.15, 0.2) is 17.0 Å². The third-order valence-corrected chi connectivity index (χ3v) is 8.12. The summed E-state index contributed by atoms with van der Waals surface area (Å²) >= 11 is 9.64. The first-order valence-electron chi connectivity index (χ1n) is 9.56. The fourth-order valence-corrected chi connectivity index (χ4v) is 4.53. The lowest BCUT2D eigenvalue weighted by atomic mass is 10.5. The van der Waals surface area contributed by atoms with E-state index in [1.165, 1.54) is 0 Å². The summed E-state index contributed by atoms with van der Waals surface area (Å²) in [6, 6.07) is 2.25. The molecule has 0 aliphatic rings. The van der Waals surface area contributed by atoms with Gasteiger partial charge in [0.25, 0.3) is 0 Å². The number of nitrogens with zero attached hydrogens (tertiary/aromatic N) is 4. The van der Waals surface area contributed by atoms with Gasteiger partial charge in [-0.1, -0.05) is 50.9 Å². The van der Waals surface area contributed by atoms with Gasteiger partial charge in [0.05, 0.1) is 0 Å². The topological polar surface area (TPSA) is 54.1 Å². The van der Waals surface area contributed by atoms with Crippen LogP contribution in [0.4, 0.5) is 0 Å². The van der Waals surface area contributed by atoms with Gasteiger partial charge in [-0.05, 0) is 28.0 Å². The molecule has 2 aromatic rings. The lowest BCUT2D eigenvalue weighted by Crippen LogP contribution is -2.22. The van der Waals surface area contributed by atoms with Crippen LogP contribution in [0.5, 0.6) is 0 Å². The molecule has 0 aliphatic carbocycles. The molecule has 2 aromatic heterocycles. The minimum absolute atomic E-state index is 0.403. The zero-order valence-corrected chi connectivity index (χ0v) is 22.1. The van der Waals surface area contributed by atoms with Gasteiger partial charge in [-0.25, -0.2) is 9.97 Å². The van der Waals surface area contributed by atoms with Crippen molar-refractivity contribution >= 4 is 43.7 Å². The van der Waals surface area contributed by atoms with E-state index in [2.05, 4.69) is 65.2 Å². The first kappa shape index (κ1) is 23.8. The second-order valence-electron chi connectivity index (χ2n) is 9.41. The van der Waals surface area contributed by atoms with Gasteiger partial charge >= 0.3 is 0 Å². The molecule has 0 unspecified atom stereocenters. The van der Waals surface area contributed by atoms with Crippen molar-refractivity contribution < 1.29 is 9.47 Å². The number of ether oxygens (including phenoxy) is 2. The summed E-state index contributed by atoms with van der Waals surface area (Å²) in [5.41, 5.74) is 0. The predicted octanol–water partition coefficient (Wildman–Crippen LogP) is 5.79. The van der Waals surface area contributed by atoms with E-state index in [0.717, 1.165) is 29.9 Å². The Hall–Kier alpha value is -0.456. The SMILES string of the molecule is C[Si](C)(C)CCOCn1cc(Cl)nc1-c1nc(Br)cn1COCC[Si](C)(C)C. The molecule has 0 saturated heterocycles. The van der Waals surface area contributed by atoms with Gasteiger partial charge in [-0.15, -0.1) is 0 Å². The normalized spacial score (nSPS) is 12.7. The standard InChI is InChI=1S/C18H32BrClN4O2Si2/c1-27(2,3)9-7-25-13-23-11-15(19)21-17(23)18-22-16(20)12-24(18)14-26-8-10-28(4,5)6/h11-12H,7-10,13-14H2,1-6H3. The summed E-state index contributed by atoms with van der Waals surface area (Å²) in [6.45, 7) is 16.4. The van der Waals surface area contributed by atoms with Crippen molar-refractivity contribution in [1.29, 1.82) is 0 Å². The van der Waals surface area contributed by atoms with Crippen molar-refractivity contribution in [3.05, 3.63) is 22.1 Å². The molecule has 158 valence electrons. The number of halogens is 2. The van der Waals surface area contributed by atoms with Crippen LogP contribution in [0.1, 0.15) is 0 Å². The van der Waals surface area contributed by atoms with Gasteiger partial charge in [-0.2, -0.15) is 0 Å². The molecule has 0 saturated carbocycles. The fraction of sp³-hybridized carbons (Fsp3) is 0.667. The van der Waals surface area contributed by atoms with E-state index in [1.54, 1.807) is 6.20 Å². The Bertz CT molecular complexity index is 704. The average Bonchev–Trinajstić information content (AvgIpc) is 3.08. The molecule has 0 aliphatic heterocycles. The first-order valence-corrected chi connectivity index (χ1v) is 18.1. The highest BCUT2D eigenvalue weighted by molar-refractivity contribution is 9.10. The largest absolute Gasteiger partial charge is 0.361 e. The zero-order chi connectivity index (χ0) is 20.9. The van der Waals surface area contributed by atoms with Gasteiger partial charge in [-0.3, -0.25) is 0 Å². The maximum absolute atomic E-state index is 6.18. The molecule has 2 heterocycles. The van der Waals surface area contributed by atoms with Gasteiger partial charge in [0.15, 0.2) is 11.6 Å². The number of hydrogen-bond acceptors (Lipinski definition) is 4. The van der Waals surface area contributed by atoms with E-state index < -0.39 is 16.1 Å². The van der Waals surface area contributed by atoms with Gasteiger partial charge in [0.1, 0.15) is 23.2 Å². The number of imidazole rings is 2. The Morgan fingerprint density at radius 1 is 0.857 bits per heavy atom.